The highest BCUT2D eigenvalue weighted by Gasteiger charge is 2.19. The topological polar surface area (TPSA) is 12.0 Å². The lowest BCUT2D eigenvalue weighted by molar-refractivity contribution is 0.281. The van der Waals surface area contributed by atoms with Crippen molar-refractivity contribution in [3.8, 4) is 0 Å². The maximum Gasteiger partial charge on any atom is 0.00671 e. The first-order valence-electron chi connectivity index (χ1n) is 5.60. The summed E-state index contributed by atoms with van der Waals surface area (Å²) in [6, 6.07) is 0.836. The van der Waals surface area contributed by atoms with Gasteiger partial charge in [0.05, 0.1) is 0 Å². The fraction of sp³-hybridized carbons (Fsp3) is 1.00. The Labute approximate surface area is 76.9 Å². The summed E-state index contributed by atoms with van der Waals surface area (Å²) in [6.45, 7) is 5.65. The molecular formula is C11H23N. The molecule has 1 nitrogen and oxygen atoms in total. The Morgan fingerprint density at radius 3 is 2.25 bits per heavy atom. The van der Waals surface area contributed by atoms with Crippen LogP contribution in [0.5, 0.6) is 0 Å². The average Bonchev–Trinajstić information content (AvgIpc) is 2.09. The van der Waals surface area contributed by atoms with Gasteiger partial charge in [-0.25, -0.2) is 0 Å². The van der Waals surface area contributed by atoms with E-state index in [0.717, 1.165) is 18.5 Å². The van der Waals surface area contributed by atoms with Crippen LogP contribution in [0.15, 0.2) is 0 Å². The van der Waals surface area contributed by atoms with Crippen LogP contribution in [-0.4, -0.2) is 12.6 Å². The van der Waals surface area contributed by atoms with E-state index in [9.17, 15) is 0 Å². The van der Waals surface area contributed by atoms with Gasteiger partial charge in [0, 0.05) is 6.04 Å². The summed E-state index contributed by atoms with van der Waals surface area (Å²) >= 11 is 0. The minimum atomic E-state index is 0.836. The van der Waals surface area contributed by atoms with Gasteiger partial charge in [-0.3, -0.25) is 0 Å². The van der Waals surface area contributed by atoms with Crippen molar-refractivity contribution in [1.29, 1.82) is 0 Å². The van der Waals surface area contributed by atoms with E-state index in [1.54, 1.807) is 0 Å². The maximum absolute atomic E-state index is 3.55. The molecule has 0 atom stereocenters. The van der Waals surface area contributed by atoms with Crippen LogP contribution in [0.3, 0.4) is 0 Å². The monoisotopic (exact) mass is 169 g/mol. The first-order valence-corrected chi connectivity index (χ1v) is 5.60. The Kier molecular flexibility index (Phi) is 4.67. The largest absolute Gasteiger partial charge is 0.314 e. The zero-order valence-electron chi connectivity index (χ0n) is 8.60. The lowest BCUT2D eigenvalue weighted by Crippen LogP contribution is -2.32. The third kappa shape index (κ3) is 3.14. The highest BCUT2D eigenvalue weighted by atomic mass is 14.9. The molecule has 1 saturated carbocycles. The van der Waals surface area contributed by atoms with Crippen molar-refractivity contribution < 1.29 is 0 Å². The SMILES string of the molecule is CCCC1CCC(NCC)CC1. The van der Waals surface area contributed by atoms with Gasteiger partial charge >= 0.3 is 0 Å². The van der Waals surface area contributed by atoms with Crippen LogP contribution >= 0.6 is 0 Å². The molecule has 0 aromatic carbocycles. The maximum atomic E-state index is 3.55. The molecule has 0 aromatic rings. The summed E-state index contributed by atoms with van der Waals surface area (Å²) in [7, 11) is 0. The molecule has 0 bridgehead atoms. The number of hydrogen-bond acceptors (Lipinski definition) is 1. The molecule has 1 aliphatic carbocycles. The molecule has 12 heavy (non-hydrogen) atoms. The summed E-state index contributed by atoms with van der Waals surface area (Å²) in [5, 5.41) is 3.55. The number of rotatable bonds is 4. The van der Waals surface area contributed by atoms with Crippen LogP contribution in [0.2, 0.25) is 0 Å². The Bertz CT molecular complexity index is 89.6. The molecule has 1 heteroatoms. The summed E-state index contributed by atoms with van der Waals surface area (Å²) in [5.41, 5.74) is 0. The van der Waals surface area contributed by atoms with Gasteiger partial charge in [-0.15, -0.1) is 0 Å². The number of nitrogens with one attached hydrogen (secondary N) is 1. The van der Waals surface area contributed by atoms with Crippen molar-refractivity contribution in [1.82, 2.24) is 5.32 Å². The van der Waals surface area contributed by atoms with Crippen molar-refractivity contribution in [2.24, 2.45) is 5.92 Å². The molecule has 0 spiro atoms. The van der Waals surface area contributed by atoms with Gasteiger partial charge in [0.25, 0.3) is 0 Å². The van der Waals surface area contributed by atoms with E-state index in [1.165, 1.54) is 38.5 Å². The standard InChI is InChI=1S/C11H23N/c1-3-5-10-6-8-11(9-7-10)12-4-2/h10-12H,3-9H2,1-2H3. The van der Waals surface area contributed by atoms with Crippen molar-refractivity contribution >= 4 is 0 Å². The fourth-order valence-electron chi connectivity index (χ4n) is 2.35. The second-order valence-electron chi connectivity index (χ2n) is 4.06. The van der Waals surface area contributed by atoms with Crippen molar-refractivity contribution in [2.75, 3.05) is 6.54 Å². The Hall–Kier alpha value is -0.0400. The molecule has 0 heterocycles. The van der Waals surface area contributed by atoms with Crippen LogP contribution in [-0.2, 0) is 0 Å². The van der Waals surface area contributed by atoms with Crippen LogP contribution in [0, 0.1) is 5.92 Å². The molecule has 0 amide bonds. The Balaban J connectivity index is 2.11. The van der Waals surface area contributed by atoms with E-state index in [1.807, 2.05) is 0 Å². The van der Waals surface area contributed by atoms with Gasteiger partial charge in [-0.1, -0.05) is 26.7 Å². The third-order valence-corrected chi connectivity index (χ3v) is 3.04. The zero-order chi connectivity index (χ0) is 8.81. The second-order valence-corrected chi connectivity index (χ2v) is 4.06. The predicted octanol–water partition coefficient (Wildman–Crippen LogP) is 2.95. The molecule has 1 aliphatic rings. The molecule has 0 aliphatic heterocycles. The van der Waals surface area contributed by atoms with E-state index in [-0.39, 0.29) is 0 Å². The first-order chi connectivity index (χ1) is 5.86. The van der Waals surface area contributed by atoms with E-state index in [2.05, 4.69) is 19.2 Å². The van der Waals surface area contributed by atoms with Gasteiger partial charge < -0.3 is 5.32 Å². The Morgan fingerprint density at radius 1 is 1.08 bits per heavy atom. The van der Waals surface area contributed by atoms with Crippen LogP contribution in [0.4, 0.5) is 0 Å². The molecule has 1 rings (SSSR count). The number of hydrogen-bond donors (Lipinski definition) is 1. The predicted molar refractivity (Wildman–Crippen MR) is 54.3 cm³/mol. The molecule has 72 valence electrons. The van der Waals surface area contributed by atoms with E-state index >= 15 is 0 Å². The van der Waals surface area contributed by atoms with E-state index in [0.29, 0.717) is 0 Å². The molecule has 0 unspecified atom stereocenters. The van der Waals surface area contributed by atoms with Crippen molar-refractivity contribution in [3.63, 3.8) is 0 Å². The summed E-state index contributed by atoms with van der Waals surface area (Å²) < 4.78 is 0. The molecule has 1 N–H and O–H groups in total. The third-order valence-electron chi connectivity index (χ3n) is 3.04. The van der Waals surface area contributed by atoms with Crippen LogP contribution in [0.25, 0.3) is 0 Å². The Morgan fingerprint density at radius 2 is 1.75 bits per heavy atom. The highest BCUT2D eigenvalue weighted by molar-refractivity contribution is 4.76. The van der Waals surface area contributed by atoms with Crippen molar-refractivity contribution in [2.45, 2.75) is 58.4 Å². The highest BCUT2D eigenvalue weighted by Crippen LogP contribution is 2.27. The van der Waals surface area contributed by atoms with Gasteiger partial charge in [-0.05, 0) is 38.1 Å². The summed E-state index contributed by atoms with van der Waals surface area (Å²) in [6.07, 6.45) is 8.59. The molecule has 0 radical (unpaired) electrons. The van der Waals surface area contributed by atoms with E-state index in [4.69, 9.17) is 0 Å². The lowest BCUT2D eigenvalue weighted by atomic mass is 9.83. The van der Waals surface area contributed by atoms with Crippen molar-refractivity contribution in [3.05, 3.63) is 0 Å². The average molecular weight is 169 g/mol. The molecule has 0 aromatic heterocycles. The van der Waals surface area contributed by atoms with Gasteiger partial charge in [0.2, 0.25) is 0 Å². The minimum Gasteiger partial charge on any atom is -0.314 e. The fourth-order valence-corrected chi connectivity index (χ4v) is 2.35. The lowest BCUT2D eigenvalue weighted by Gasteiger charge is -2.28. The van der Waals surface area contributed by atoms with E-state index < -0.39 is 0 Å². The smallest absolute Gasteiger partial charge is 0.00671 e. The quantitative estimate of drug-likeness (QED) is 0.682. The van der Waals surface area contributed by atoms with Crippen LogP contribution in [0.1, 0.15) is 52.4 Å². The molecule has 1 fully saturated rings. The zero-order valence-corrected chi connectivity index (χ0v) is 8.60. The van der Waals surface area contributed by atoms with Crippen LogP contribution < -0.4 is 5.32 Å². The van der Waals surface area contributed by atoms with Gasteiger partial charge in [-0.2, -0.15) is 0 Å². The second kappa shape index (κ2) is 5.58. The van der Waals surface area contributed by atoms with Gasteiger partial charge in [0.1, 0.15) is 0 Å². The summed E-state index contributed by atoms with van der Waals surface area (Å²) in [4.78, 5) is 0. The van der Waals surface area contributed by atoms with Gasteiger partial charge in [0.15, 0.2) is 0 Å². The summed E-state index contributed by atoms with van der Waals surface area (Å²) in [5.74, 6) is 1.05. The molecule has 0 saturated heterocycles. The minimum absolute atomic E-state index is 0.836. The first kappa shape index (κ1) is 10.0. The molecular weight excluding hydrogens is 146 g/mol. The normalized spacial score (nSPS) is 30.5.